The van der Waals surface area contributed by atoms with Gasteiger partial charge < -0.3 is 10.6 Å². The first-order chi connectivity index (χ1) is 11.4. The smallest absolute Gasteiger partial charge is 0.242 e. The number of amides is 1. The van der Waals surface area contributed by atoms with E-state index in [-0.39, 0.29) is 11.7 Å². The summed E-state index contributed by atoms with van der Waals surface area (Å²) >= 11 is 0. The van der Waals surface area contributed by atoms with E-state index in [1.165, 1.54) is 12.1 Å². The number of nitrogens with two attached hydrogens (primary N) is 1. The predicted molar refractivity (Wildman–Crippen MR) is 92.8 cm³/mol. The highest BCUT2D eigenvalue weighted by Crippen LogP contribution is 2.35. The third kappa shape index (κ3) is 3.78. The van der Waals surface area contributed by atoms with Crippen LogP contribution in [0.4, 0.5) is 4.39 Å². The quantitative estimate of drug-likeness (QED) is 0.920. The van der Waals surface area contributed by atoms with Crippen LogP contribution in [0.5, 0.6) is 0 Å². The van der Waals surface area contributed by atoms with Gasteiger partial charge >= 0.3 is 0 Å². The van der Waals surface area contributed by atoms with Crippen molar-refractivity contribution in [3.63, 3.8) is 0 Å². The molecule has 0 unspecified atom stereocenters. The maximum Gasteiger partial charge on any atom is 0.242 e. The van der Waals surface area contributed by atoms with E-state index in [9.17, 15) is 9.18 Å². The molecule has 1 aliphatic carbocycles. The summed E-state index contributed by atoms with van der Waals surface area (Å²) in [5.74, 6) is 0.355. The largest absolute Gasteiger partial charge is 0.339 e. The Labute approximate surface area is 143 Å². The van der Waals surface area contributed by atoms with E-state index in [1.807, 2.05) is 17.0 Å². The highest BCUT2D eigenvalue weighted by atomic mass is 19.1. The minimum absolute atomic E-state index is 0.122. The molecular weight excluding hydrogens is 305 g/mol. The number of carbonyl (C=O) groups is 1. The van der Waals surface area contributed by atoms with Gasteiger partial charge in [0.1, 0.15) is 5.82 Å². The molecule has 1 aromatic carbocycles. The van der Waals surface area contributed by atoms with Crippen molar-refractivity contribution >= 4 is 5.91 Å². The summed E-state index contributed by atoms with van der Waals surface area (Å²) < 4.78 is 13.1. The molecular formula is C19H28FN3O. The standard InChI is InChI=1S/C19H28FN3O/c1-14(2)17-13-23(18(24)19(21)8-9-19)11-3-10-22(17)12-15-4-6-16(20)7-5-15/h4-7,14,17H,3,8-13,21H2,1-2H3/t17-/m1/s1. The van der Waals surface area contributed by atoms with Crippen molar-refractivity contribution in [2.75, 3.05) is 19.6 Å². The second-order valence-electron chi connectivity index (χ2n) is 7.67. The van der Waals surface area contributed by atoms with E-state index < -0.39 is 5.54 Å². The molecule has 1 saturated heterocycles. The fraction of sp³-hybridized carbons (Fsp3) is 0.632. The Morgan fingerprint density at radius 3 is 2.54 bits per heavy atom. The second-order valence-corrected chi connectivity index (χ2v) is 7.67. The number of halogens is 1. The molecule has 1 atom stereocenters. The normalized spacial score (nSPS) is 24.0. The second kappa shape index (κ2) is 6.81. The molecule has 1 heterocycles. The summed E-state index contributed by atoms with van der Waals surface area (Å²) in [6, 6.07) is 7.01. The van der Waals surface area contributed by atoms with Gasteiger partial charge in [-0.2, -0.15) is 0 Å². The molecule has 1 amide bonds. The Morgan fingerprint density at radius 1 is 1.29 bits per heavy atom. The lowest BCUT2D eigenvalue weighted by molar-refractivity contribution is -0.134. The SMILES string of the molecule is CC(C)[C@H]1CN(C(=O)C2(N)CC2)CCCN1Cc1ccc(F)cc1. The van der Waals surface area contributed by atoms with Gasteiger partial charge in [-0.25, -0.2) is 4.39 Å². The first-order valence-corrected chi connectivity index (χ1v) is 8.96. The molecule has 1 aromatic rings. The van der Waals surface area contributed by atoms with E-state index >= 15 is 0 Å². The number of hydrogen-bond acceptors (Lipinski definition) is 3. The van der Waals surface area contributed by atoms with E-state index in [2.05, 4.69) is 18.7 Å². The molecule has 3 rings (SSSR count). The lowest BCUT2D eigenvalue weighted by Crippen LogP contribution is -2.50. The van der Waals surface area contributed by atoms with Crippen LogP contribution in [0.25, 0.3) is 0 Å². The summed E-state index contributed by atoms with van der Waals surface area (Å²) in [6.07, 6.45) is 2.58. The van der Waals surface area contributed by atoms with E-state index in [0.717, 1.165) is 51.0 Å². The third-order valence-corrected chi connectivity index (χ3v) is 5.32. The zero-order valence-electron chi connectivity index (χ0n) is 14.7. The van der Waals surface area contributed by atoms with Crippen molar-refractivity contribution in [3.8, 4) is 0 Å². The number of nitrogens with zero attached hydrogens (tertiary/aromatic N) is 2. The van der Waals surface area contributed by atoms with Gasteiger partial charge in [0, 0.05) is 32.2 Å². The van der Waals surface area contributed by atoms with Crippen LogP contribution >= 0.6 is 0 Å². The molecule has 2 fully saturated rings. The average molecular weight is 333 g/mol. The van der Waals surface area contributed by atoms with Gasteiger partial charge in [0.2, 0.25) is 5.91 Å². The fourth-order valence-electron chi connectivity index (χ4n) is 3.56. The molecule has 2 aliphatic rings. The molecule has 0 aromatic heterocycles. The van der Waals surface area contributed by atoms with Crippen LogP contribution in [0.15, 0.2) is 24.3 Å². The molecule has 0 spiro atoms. The molecule has 1 aliphatic heterocycles. The van der Waals surface area contributed by atoms with Crippen molar-refractivity contribution in [2.24, 2.45) is 11.7 Å². The van der Waals surface area contributed by atoms with Gasteiger partial charge in [-0.3, -0.25) is 9.69 Å². The van der Waals surface area contributed by atoms with Gasteiger partial charge in [0.15, 0.2) is 0 Å². The lowest BCUT2D eigenvalue weighted by atomic mass is 10.0. The van der Waals surface area contributed by atoms with Crippen molar-refractivity contribution in [1.82, 2.24) is 9.80 Å². The van der Waals surface area contributed by atoms with Gasteiger partial charge in [-0.1, -0.05) is 26.0 Å². The Balaban J connectivity index is 1.72. The summed E-state index contributed by atoms with van der Waals surface area (Å²) in [7, 11) is 0. The van der Waals surface area contributed by atoms with Crippen LogP contribution in [-0.4, -0.2) is 46.9 Å². The van der Waals surface area contributed by atoms with E-state index in [0.29, 0.717) is 12.0 Å². The molecule has 132 valence electrons. The topological polar surface area (TPSA) is 49.6 Å². The lowest BCUT2D eigenvalue weighted by Gasteiger charge is -2.35. The van der Waals surface area contributed by atoms with Crippen LogP contribution in [0, 0.1) is 11.7 Å². The third-order valence-electron chi connectivity index (χ3n) is 5.32. The van der Waals surface area contributed by atoms with Gasteiger partial charge in [-0.15, -0.1) is 0 Å². The summed E-state index contributed by atoms with van der Waals surface area (Å²) in [5, 5.41) is 0. The summed E-state index contributed by atoms with van der Waals surface area (Å²) in [6.45, 7) is 7.65. The highest BCUT2D eigenvalue weighted by molar-refractivity contribution is 5.89. The molecule has 2 N–H and O–H groups in total. The average Bonchev–Trinajstić information content (AvgIpc) is 3.32. The summed E-state index contributed by atoms with van der Waals surface area (Å²) in [4.78, 5) is 17.1. The molecule has 1 saturated carbocycles. The molecule has 5 heteroatoms. The molecule has 4 nitrogen and oxygen atoms in total. The first-order valence-electron chi connectivity index (χ1n) is 8.96. The van der Waals surface area contributed by atoms with Crippen molar-refractivity contribution in [3.05, 3.63) is 35.6 Å². The Kier molecular flexibility index (Phi) is 4.92. The van der Waals surface area contributed by atoms with Crippen molar-refractivity contribution < 1.29 is 9.18 Å². The minimum atomic E-state index is -0.590. The highest BCUT2D eigenvalue weighted by Gasteiger charge is 2.48. The number of hydrogen-bond donors (Lipinski definition) is 1. The monoisotopic (exact) mass is 333 g/mol. The summed E-state index contributed by atoms with van der Waals surface area (Å²) in [5.41, 5.74) is 6.65. The first kappa shape index (κ1) is 17.4. The molecule has 0 bridgehead atoms. The van der Waals surface area contributed by atoms with Gasteiger partial charge in [0.25, 0.3) is 0 Å². The maximum absolute atomic E-state index is 13.1. The van der Waals surface area contributed by atoms with E-state index in [4.69, 9.17) is 5.73 Å². The van der Waals surface area contributed by atoms with E-state index in [1.54, 1.807) is 0 Å². The van der Waals surface area contributed by atoms with Crippen LogP contribution in [0.1, 0.15) is 38.7 Å². The maximum atomic E-state index is 13.1. The van der Waals surface area contributed by atoms with Gasteiger partial charge in [0.05, 0.1) is 5.54 Å². The van der Waals surface area contributed by atoms with Crippen LogP contribution in [0.2, 0.25) is 0 Å². The predicted octanol–water partition coefficient (Wildman–Crippen LogP) is 2.38. The van der Waals surface area contributed by atoms with Crippen molar-refractivity contribution in [1.29, 1.82) is 0 Å². The molecule has 24 heavy (non-hydrogen) atoms. The number of carbonyl (C=O) groups excluding carboxylic acids is 1. The Hall–Kier alpha value is -1.46. The fourth-order valence-corrected chi connectivity index (χ4v) is 3.56. The van der Waals surface area contributed by atoms with Crippen LogP contribution in [0.3, 0.4) is 0 Å². The van der Waals surface area contributed by atoms with Gasteiger partial charge in [-0.05, 0) is 42.9 Å². The number of rotatable bonds is 4. The zero-order valence-corrected chi connectivity index (χ0v) is 14.7. The number of benzene rings is 1. The minimum Gasteiger partial charge on any atom is -0.339 e. The van der Waals surface area contributed by atoms with Crippen LogP contribution < -0.4 is 5.73 Å². The Bertz CT molecular complexity index is 583. The van der Waals surface area contributed by atoms with Crippen molar-refractivity contribution in [2.45, 2.75) is 51.2 Å². The molecule has 0 radical (unpaired) electrons. The zero-order chi connectivity index (χ0) is 17.3. The Morgan fingerprint density at radius 2 is 1.96 bits per heavy atom. The van der Waals surface area contributed by atoms with Crippen LogP contribution in [-0.2, 0) is 11.3 Å².